The summed E-state index contributed by atoms with van der Waals surface area (Å²) in [4.78, 5) is 18.9. The molecule has 0 saturated carbocycles. The molecule has 0 unspecified atom stereocenters. The third kappa shape index (κ3) is 4.42. The van der Waals surface area contributed by atoms with Crippen molar-refractivity contribution in [1.29, 1.82) is 0 Å². The molecule has 4 aromatic carbocycles. The van der Waals surface area contributed by atoms with Crippen LogP contribution in [0.4, 0.5) is 11.4 Å². The number of rotatable bonds is 9. The van der Waals surface area contributed by atoms with Gasteiger partial charge in [-0.05, 0) is 58.0 Å². The molecule has 0 fully saturated rings. The number of anilines is 2. The van der Waals surface area contributed by atoms with E-state index >= 15 is 0 Å². The monoisotopic (exact) mass is 574 g/mol. The van der Waals surface area contributed by atoms with Crippen molar-refractivity contribution in [3.63, 3.8) is 0 Å². The molecule has 43 heavy (non-hydrogen) atoms. The Hall–Kier alpha value is -4.78. The van der Waals surface area contributed by atoms with E-state index in [1.165, 1.54) is 0 Å². The van der Waals surface area contributed by atoms with Crippen molar-refractivity contribution in [2.24, 2.45) is 5.10 Å². The van der Waals surface area contributed by atoms with E-state index in [9.17, 15) is 4.79 Å². The second-order valence-corrected chi connectivity index (χ2v) is 10.7. The lowest BCUT2D eigenvalue weighted by atomic mass is 9.75. The van der Waals surface area contributed by atoms with E-state index in [0.29, 0.717) is 11.3 Å². The maximum absolute atomic E-state index is 14.3. The van der Waals surface area contributed by atoms with Crippen molar-refractivity contribution in [2.45, 2.75) is 33.2 Å². The molecule has 7 nitrogen and oxygen atoms in total. The van der Waals surface area contributed by atoms with Crippen LogP contribution >= 0.6 is 0 Å². The minimum absolute atomic E-state index is 0.166. The zero-order valence-electron chi connectivity index (χ0n) is 25.5. The van der Waals surface area contributed by atoms with Crippen LogP contribution in [0.5, 0.6) is 17.2 Å². The van der Waals surface area contributed by atoms with Crippen molar-refractivity contribution in [3.05, 3.63) is 113 Å². The van der Waals surface area contributed by atoms with E-state index in [0.717, 1.165) is 71.3 Å². The molecule has 1 amide bonds. The number of benzene rings is 4. The van der Waals surface area contributed by atoms with Gasteiger partial charge in [0, 0.05) is 77.5 Å². The molecule has 6 rings (SSSR count). The Morgan fingerprint density at radius 2 is 1.33 bits per heavy atom. The molecule has 4 aromatic rings. The molecule has 0 N–H and O–H groups in total. The smallest absolute Gasteiger partial charge is 0.275 e. The zero-order valence-corrected chi connectivity index (χ0v) is 25.5. The van der Waals surface area contributed by atoms with Crippen LogP contribution in [0.3, 0.4) is 0 Å². The maximum Gasteiger partial charge on any atom is 0.275 e. The number of nitrogens with zero attached hydrogens (tertiary/aromatic N) is 4. The van der Waals surface area contributed by atoms with Gasteiger partial charge in [0.05, 0.1) is 13.3 Å². The highest BCUT2D eigenvalue weighted by Gasteiger charge is 2.57. The van der Waals surface area contributed by atoms with Gasteiger partial charge >= 0.3 is 0 Å². The van der Waals surface area contributed by atoms with Gasteiger partial charge in [0.2, 0.25) is 0 Å². The molecule has 0 radical (unpaired) electrons. The van der Waals surface area contributed by atoms with Gasteiger partial charge in [0.1, 0.15) is 22.8 Å². The van der Waals surface area contributed by atoms with Gasteiger partial charge in [0.25, 0.3) is 5.91 Å². The number of carbonyl (C=O) groups excluding carboxylic acids is 1. The molecule has 0 saturated heterocycles. The van der Waals surface area contributed by atoms with Crippen LogP contribution in [0.2, 0.25) is 0 Å². The number of para-hydroxylation sites is 1. The number of methoxy groups -OCH3 is 1. The molecule has 1 spiro atoms. The fraction of sp³-hybridized carbons (Fsp3) is 0.278. The summed E-state index contributed by atoms with van der Waals surface area (Å²) in [5.41, 5.74) is 5.16. The Kier molecular flexibility index (Phi) is 7.57. The van der Waals surface area contributed by atoms with Crippen LogP contribution in [0, 0.1) is 0 Å². The van der Waals surface area contributed by atoms with E-state index in [1.54, 1.807) is 18.3 Å². The standard InChI is InChI=1S/C36H38N4O3/c1-6-38(7-2)26-18-20-30-33(22-26)43-34-23-27(39(8-3)9-4)19-21-31(34)36(30)29-16-12-11-15-28(29)35(41)40(36)37-24-25-14-10-13-17-32(25)42-5/h10-24H,6-9H2,1-5H3/b37-24+. The summed E-state index contributed by atoms with van der Waals surface area (Å²) in [6, 6.07) is 28.2. The summed E-state index contributed by atoms with van der Waals surface area (Å²) in [7, 11) is 1.64. The number of hydrogen-bond donors (Lipinski definition) is 0. The fourth-order valence-electron chi connectivity index (χ4n) is 6.54. The molecular formula is C36H38N4O3. The van der Waals surface area contributed by atoms with Crippen LogP contribution in [0.15, 0.2) is 90.0 Å². The second kappa shape index (κ2) is 11.5. The maximum atomic E-state index is 14.3. The first kappa shape index (κ1) is 28.3. The Bertz CT molecular complexity index is 1630. The van der Waals surface area contributed by atoms with Gasteiger partial charge in [-0.3, -0.25) is 4.79 Å². The van der Waals surface area contributed by atoms with Gasteiger partial charge in [-0.2, -0.15) is 5.10 Å². The van der Waals surface area contributed by atoms with Crippen molar-refractivity contribution in [3.8, 4) is 17.2 Å². The first-order valence-corrected chi connectivity index (χ1v) is 15.1. The minimum atomic E-state index is -1.03. The van der Waals surface area contributed by atoms with Crippen molar-refractivity contribution >= 4 is 23.5 Å². The summed E-state index contributed by atoms with van der Waals surface area (Å²) < 4.78 is 12.3. The highest BCUT2D eigenvalue weighted by atomic mass is 16.5. The van der Waals surface area contributed by atoms with Gasteiger partial charge in [-0.15, -0.1) is 0 Å². The van der Waals surface area contributed by atoms with E-state index < -0.39 is 5.54 Å². The number of carbonyl (C=O) groups is 1. The number of fused-ring (bicyclic) bond motifs is 6. The topological polar surface area (TPSA) is 57.6 Å². The van der Waals surface area contributed by atoms with Crippen LogP contribution < -0.4 is 19.3 Å². The molecule has 0 aromatic heterocycles. The summed E-state index contributed by atoms with van der Waals surface area (Å²) in [6.07, 6.45) is 1.72. The molecule has 0 aliphatic carbocycles. The Morgan fingerprint density at radius 3 is 1.91 bits per heavy atom. The highest BCUT2D eigenvalue weighted by molar-refractivity contribution is 6.03. The number of amides is 1. The quantitative estimate of drug-likeness (QED) is 0.197. The van der Waals surface area contributed by atoms with Crippen LogP contribution in [-0.4, -0.2) is 50.4 Å². The average Bonchev–Trinajstić information content (AvgIpc) is 3.29. The van der Waals surface area contributed by atoms with Crippen LogP contribution in [0.1, 0.15) is 60.3 Å². The number of hydrazone groups is 1. The molecule has 2 aliphatic rings. The van der Waals surface area contributed by atoms with E-state index in [2.05, 4.69) is 73.9 Å². The fourth-order valence-corrected chi connectivity index (χ4v) is 6.54. The molecule has 7 heteroatoms. The summed E-state index contributed by atoms with van der Waals surface area (Å²) in [5.74, 6) is 1.96. The highest BCUT2D eigenvalue weighted by Crippen LogP contribution is 2.58. The predicted molar refractivity (Wildman–Crippen MR) is 173 cm³/mol. The van der Waals surface area contributed by atoms with E-state index in [1.807, 2.05) is 48.5 Å². The Morgan fingerprint density at radius 1 is 0.767 bits per heavy atom. The Labute approximate surface area is 254 Å². The SMILES string of the molecule is CCN(CC)c1ccc2c(c1)Oc1cc(N(CC)CC)ccc1C21c2ccccc2C(=O)N1/N=C/c1ccccc1OC. The van der Waals surface area contributed by atoms with Gasteiger partial charge in [-0.25, -0.2) is 5.01 Å². The summed E-state index contributed by atoms with van der Waals surface area (Å²) in [6.45, 7) is 12.1. The van der Waals surface area contributed by atoms with Crippen LogP contribution in [-0.2, 0) is 5.54 Å². The molecule has 2 aliphatic heterocycles. The number of hydrogen-bond acceptors (Lipinski definition) is 6. The van der Waals surface area contributed by atoms with Gasteiger partial charge in [-0.1, -0.05) is 42.5 Å². The molecule has 220 valence electrons. The summed E-state index contributed by atoms with van der Waals surface area (Å²) >= 11 is 0. The first-order chi connectivity index (χ1) is 21.0. The van der Waals surface area contributed by atoms with Crippen molar-refractivity contribution in [1.82, 2.24) is 5.01 Å². The molecule has 0 bridgehead atoms. The predicted octanol–water partition coefficient (Wildman–Crippen LogP) is 7.28. The lowest BCUT2D eigenvalue weighted by Gasteiger charge is -2.42. The normalized spacial score (nSPS) is 14.3. The summed E-state index contributed by atoms with van der Waals surface area (Å²) in [5, 5.41) is 6.59. The van der Waals surface area contributed by atoms with E-state index in [4.69, 9.17) is 14.6 Å². The lowest BCUT2D eigenvalue weighted by molar-refractivity contribution is 0.0675. The van der Waals surface area contributed by atoms with E-state index in [-0.39, 0.29) is 5.91 Å². The van der Waals surface area contributed by atoms with Gasteiger partial charge < -0.3 is 19.3 Å². The first-order valence-electron chi connectivity index (χ1n) is 15.1. The third-order valence-electron chi connectivity index (χ3n) is 8.70. The Balaban J connectivity index is 1.64. The second-order valence-electron chi connectivity index (χ2n) is 10.7. The zero-order chi connectivity index (χ0) is 30.1. The largest absolute Gasteiger partial charge is 0.496 e. The molecule has 2 heterocycles. The van der Waals surface area contributed by atoms with Gasteiger partial charge in [0.15, 0.2) is 0 Å². The third-order valence-corrected chi connectivity index (χ3v) is 8.70. The van der Waals surface area contributed by atoms with Crippen molar-refractivity contribution < 1.29 is 14.3 Å². The lowest BCUT2D eigenvalue weighted by Crippen LogP contribution is -2.44. The molecule has 0 atom stereocenters. The number of ether oxygens (including phenoxy) is 2. The van der Waals surface area contributed by atoms with Crippen molar-refractivity contribution in [2.75, 3.05) is 43.1 Å². The average molecular weight is 575 g/mol. The van der Waals surface area contributed by atoms with Crippen LogP contribution in [0.25, 0.3) is 0 Å². The molecular weight excluding hydrogens is 536 g/mol. The minimum Gasteiger partial charge on any atom is -0.496 e.